The fourth-order valence-electron chi connectivity index (χ4n) is 2.51. The number of carbonyl (C=O) groups is 1. The molecule has 2 aromatic carbocycles. The third kappa shape index (κ3) is 4.32. The largest absolute Gasteiger partial charge is 0.456 e. The summed E-state index contributed by atoms with van der Waals surface area (Å²) in [5, 5.41) is 5.37. The van der Waals surface area contributed by atoms with E-state index in [-0.39, 0.29) is 24.9 Å². The Hall–Kier alpha value is -2.77. The Kier molecular flexibility index (Phi) is 5.13. The smallest absolute Gasteiger partial charge is 0.306 e. The molecule has 2 aromatic heterocycles. The molecule has 0 fully saturated rings. The molecule has 0 N–H and O–H groups in total. The first-order chi connectivity index (χ1) is 13.2. The molecular formula is C19H14ClN3O3S. The maximum atomic E-state index is 12.0. The molecule has 0 bridgehead atoms. The molecule has 27 heavy (non-hydrogen) atoms. The number of hydrogen-bond acceptors (Lipinski definition) is 7. The van der Waals surface area contributed by atoms with Gasteiger partial charge in [-0.25, -0.2) is 4.98 Å². The van der Waals surface area contributed by atoms with Crippen molar-refractivity contribution in [3.05, 3.63) is 64.5 Å². The van der Waals surface area contributed by atoms with Crippen molar-refractivity contribution in [1.29, 1.82) is 0 Å². The molecule has 136 valence electrons. The minimum Gasteiger partial charge on any atom is -0.456 e. The third-order valence-electron chi connectivity index (χ3n) is 3.79. The van der Waals surface area contributed by atoms with Crippen molar-refractivity contribution in [2.75, 3.05) is 0 Å². The zero-order valence-electron chi connectivity index (χ0n) is 14.1. The number of para-hydroxylation sites is 1. The van der Waals surface area contributed by atoms with Gasteiger partial charge in [-0.05, 0) is 24.3 Å². The van der Waals surface area contributed by atoms with Crippen LogP contribution in [0.25, 0.3) is 21.6 Å². The lowest BCUT2D eigenvalue weighted by Crippen LogP contribution is -2.06. The minimum absolute atomic E-state index is 0.0633. The van der Waals surface area contributed by atoms with Gasteiger partial charge in [0.05, 0.1) is 21.6 Å². The Balaban J connectivity index is 1.30. The first-order valence-electron chi connectivity index (χ1n) is 8.26. The standard InChI is InChI=1S/C19H14ClN3O3S/c20-13-5-3-4-12(10-13)19-22-16(26-23-19)11-25-18(24)9-8-17-21-14-6-1-2-7-15(14)27-17/h1-7,10H,8-9,11H2. The Bertz CT molecular complexity index is 1060. The van der Waals surface area contributed by atoms with Gasteiger partial charge >= 0.3 is 5.97 Å². The second-order valence-corrected chi connectivity index (χ2v) is 7.31. The van der Waals surface area contributed by atoms with Crippen LogP contribution in [0.4, 0.5) is 0 Å². The van der Waals surface area contributed by atoms with Gasteiger partial charge in [-0.15, -0.1) is 11.3 Å². The van der Waals surface area contributed by atoms with E-state index in [0.717, 1.165) is 20.8 Å². The number of rotatable bonds is 6. The van der Waals surface area contributed by atoms with Crippen LogP contribution < -0.4 is 0 Å². The van der Waals surface area contributed by atoms with Gasteiger partial charge in [0, 0.05) is 17.0 Å². The van der Waals surface area contributed by atoms with Crippen molar-refractivity contribution in [3.8, 4) is 11.4 Å². The van der Waals surface area contributed by atoms with Gasteiger partial charge in [0.1, 0.15) is 0 Å². The molecule has 0 atom stereocenters. The highest BCUT2D eigenvalue weighted by atomic mass is 35.5. The van der Waals surface area contributed by atoms with Gasteiger partial charge in [-0.2, -0.15) is 4.98 Å². The first kappa shape index (κ1) is 17.6. The van der Waals surface area contributed by atoms with Crippen molar-refractivity contribution >= 4 is 39.1 Å². The molecular weight excluding hydrogens is 386 g/mol. The molecule has 2 heterocycles. The summed E-state index contributed by atoms with van der Waals surface area (Å²) in [6.07, 6.45) is 0.783. The van der Waals surface area contributed by atoms with Gasteiger partial charge in [-0.1, -0.05) is 41.0 Å². The molecule has 0 unspecified atom stereocenters. The number of fused-ring (bicyclic) bond motifs is 1. The Morgan fingerprint density at radius 2 is 2.04 bits per heavy atom. The van der Waals surface area contributed by atoms with Gasteiger partial charge in [0.15, 0.2) is 6.61 Å². The molecule has 0 spiro atoms. The summed E-state index contributed by atoms with van der Waals surface area (Å²) in [6.45, 7) is -0.0633. The zero-order chi connectivity index (χ0) is 18.6. The molecule has 0 aliphatic carbocycles. The van der Waals surface area contributed by atoms with Crippen LogP contribution in [0.1, 0.15) is 17.3 Å². The highest BCUT2D eigenvalue weighted by Crippen LogP contribution is 2.23. The normalized spacial score (nSPS) is 11.0. The second kappa shape index (κ2) is 7.85. The molecule has 0 amide bonds. The van der Waals surface area contributed by atoms with Gasteiger partial charge in [-0.3, -0.25) is 4.79 Å². The molecule has 6 nitrogen and oxygen atoms in total. The van der Waals surface area contributed by atoms with E-state index in [1.54, 1.807) is 29.5 Å². The first-order valence-corrected chi connectivity index (χ1v) is 9.45. The van der Waals surface area contributed by atoms with Crippen LogP contribution in [-0.4, -0.2) is 21.1 Å². The summed E-state index contributed by atoms with van der Waals surface area (Å²) < 4.78 is 11.4. The van der Waals surface area contributed by atoms with E-state index in [9.17, 15) is 4.79 Å². The Labute approximate surface area is 163 Å². The molecule has 8 heteroatoms. The summed E-state index contributed by atoms with van der Waals surface area (Å²) in [6, 6.07) is 15.0. The highest BCUT2D eigenvalue weighted by molar-refractivity contribution is 7.18. The number of aryl methyl sites for hydroxylation is 1. The van der Waals surface area contributed by atoms with Gasteiger partial charge < -0.3 is 9.26 Å². The van der Waals surface area contributed by atoms with Crippen LogP contribution in [-0.2, 0) is 22.6 Å². The molecule has 0 saturated heterocycles. The summed E-state index contributed by atoms with van der Waals surface area (Å²) >= 11 is 7.54. The van der Waals surface area contributed by atoms with Crippen molar-refractivity contribution in [1.82, 2.24) is 15.1 Å². The predicted octanol–water partition coefficient (Wildman–Crippen LogP) is 4.68. The van der Waals surface area contributed by atoms with Gasteiger partial charge in [0.25, 0.3) is 5.89 Å². The molecule has 0 radical (unpaired) electrons. The number of carbonyl (C=O) groups excluding carboxylic acids is 1. The van der Waals surface area contributed by atoms with Crippen molar-refractivity contribution < 1.29 is 14.1 Å². The average molecular weight is 400 g/mol. The summed E-state index contributed by atoms with van der Waals surface area (Å²) in [4.78, 5) is 20.7. The maximum absolute atomic E-state index is 12.0. The van der Waals surface area contributed by atoms with Crippen molar-refractivity contribution in [2.24, 2.45) is 0 Å². The van der Waals surface area contributed by atoms with E-state index >= 15 is 0 Å². The lowest BCUT2D eigenvalue weighted by atomic mass is 10.2. The van der Waals surface area contributed by atoms with Crippen LogP contribution in [0, 0.1) is 0 Å². The number of aromatic nitrogens is 3. The Morgan fingerprint density at radius 3 is 2.89 bits per heavy atom. The topological polar surface area (TPSA) is 78.1 Å². The van der Waals surface area contributed by atoms with E-state index in [1.165, 1.54) is 0 Å². The van der Waals surface area contributed by atoms with E-state index in [4.69, 9.17) is 20.9 Å². The highest BCUT2D eigenvalue weighted by Gasteiger charge is 2.12. The Morgan fingerprint density at radius 1 is 1.15 bits per heavy atom. The number of ether oxygens (including phenoxy) is 1. The van der Waals surface area contributed by atoms with Crippen LogP contribution in [0.15, 0.2) is 53.1 Å². The number of thiazole rings is 1. The van der Waals surface area contributed by atoms with Crippen LogP contribution in [0.2, 0.25) is 5.02 Å². The molecule has 0 saturated carbocycles. The predicted molar refractivity (Wildman–Crippen MR) is 102 cm³/mol. The van der Waals surface area contributed by atoms with E-state index < -0.39 is 0 Å². The number of benzene rings is 2. The number of esters is 1. The molecule has 0 aliphatic heterocycles. The molecule has 4 rings (SSSR count). The monoisotopic (exact) mass is 399 g/mol. The summed E-state index contributed by atoms with van der Waals surface area (Å²) in [5.74, 6) is 0.299. The second-order valence-electron chi connectivity index (χ2n) is 5.76. The lowest BCUT2D eigenvalue weighted by molar-refractivity contribution is -0.145. The number of nitrogens with zero attached hydrogens (tertiary/aromatic N) is 3. The van der Waals surface area contributed by atoms with Crippen LogP contribution >= 0.6 is 22.9 Å². The fraction of sp³-hybridized carbons (Fsp3) is 0.158. The van der Waals surface area contributed by atoms with Gasteiger partial charge in [0.2, 0.25) is 5.82 Å². The number of halogens is 1. The SMILES string of the molecule is O=C(CCc1nc2ccccc2s1)OCc1nc(-c2cccc(Cl)c2)no1. The quantitative estimate of drug-likeness (QED) is 0.438. The molecule has 0 aliphatic rings. The average Bonchev–Trinajstić information content (AvgIpc) is 3.31. The van der Waals surface area contributed by atoms with Crippen LogP contribution in [0.3, 0.4) is 0 Å². The van der Waals surface area contributed by atoms with Crippen molar-refractivity contribution in [2.45, 2.75) is 19.4 Å². The lowest BCUT2D eigenvalue weighted by Gasteiger charge is -2.00. The number of hydrogen-bond donors (Lipinski definition) is 0. The van der Waals surface area contributed by atoms with E-state index in [0.29, 0.717) is 17.3 Å². The van der Waals surface area contributed by atoms with Crippen molar-refractivity contribution in [3.63, 3.8) is 0 Å². The third-order valence-corrected chi connectivity index (χ3v) is 5.12. The summed E-state index contributed by atoms with van der Waals surface area (Å²) in [5.41, 5.74) is 1.69. The summed E-state index contributed by atoms with van der Waals surface area (Å²) in [7, 11) is 0. The molecule has 4 aromatic rings. The maximum Gasteiger partial charge on any atom is 0.306 e. The van der Waals surface area contributed by atoms with E-state index in [2.05, 4.69) is 15.1 Å². The van der Waals surface area contributed by atoms with E-state index in [1.807, 2.05) is 30.3 Å². The minimum atomic E-state index is -0.336. The fourth-order valence-corrected chi connectivity index (χ4v) is 3.67. The zero-order valence-corrected chi connectivity index (χ0v) is 15.7. The van der Waals surface area contributed by atoms with Crippen LogP contribution in [0.5, 0.6) is 0 Å².